The Hall–Kier alpha value is -2.30. The van der Waals surface area contributed by atoms with E-state index in [1.165, 1.54) is 19.3 Å². The Kier molecular flexibility index (Phi) is 3.33. The predicted octanol–water partition coefficient (Wildman–Crippen LogP) is 2.86. The number of rotatable bonds is 2. The van der Waals surface area contributed by atoms with Gasteiger partial charge in [0.05, 0.1) is 0 Å². The highest BCUT2D eigenvalue weighted by atomic mass is 16.7. The fraction of sp³-hybridized carbons (Fsp3) is 0.412. The van der Waals surface area contributed by atoms with Crippen LogP contribution in [0.3, 0.4) is 0 Å². The van der Waals surface area contributed by atoms with Gasteiger partial charge in [0, 0.05) is 5.92 Å². The second kappa shape index (κ2) is 5.48. The van der Waals surface area contributed by atoms with E-state index in [1.807, 2.05) is 18.2 Å². The molecule has 0 saturated heterocycles. The number of ether oxygens (including phenoxy) is 2. The van der Waals surface area contributed by atoms with Crippen molar-refractivity contribution in [2.24, 2.45) is 10.9 Å². The molecular formula is C17H18N2O3. The van der Waals surface area contributed by atoms with Crippen molar-refractivity contribution in [2.45, 2.75) is 32.1 Å². The van der Waals surface area contributed by atoms with Gasteiger partial charge in [-0.05, 0) is 36.6 Å². The van der Waals surface area contributed by atoms with Crippen molar-refractivity contribution in [3.8, 4) is 11.5 Å². The van der Waals surface area contributed by atoms with Crippen LogP contribution in [0.1, 0.15) is 37.7 Å². The predicted molar refractivity (Wildman–Crippen MR) is 82.7 cm³/mol. The fourth-order valence-electron chi connectivity index (χ4n) is 3.22. The lowest BCUT2D eigenvalue weighted by molar-refractivity contribution is -0.115. The zero-order valence-electron chi connectivity index (χ0n) is 12.3. The van der Waals surface area contributed by atoms with E-state index in [4.69, 9.17) is 9.47 Å². The Labute approximate surface area is 129 Å². The smallest absolute Gasteiger partial charge is 0.275 e. The molecule has 0 bridgehead atoms. The molecule has 114 valence electrons. The number of aliphatic imine (C=N–C) groups is 1. The minimum absolute atomic E-state index is 0.113. The summed E-state index contributed by atoms with van der Waals surface area (Å²) in [5, 5.41) is 2.93. The van der Waals surface area contributed by atoms with E-state index < -0.39 is 0 Å². The molecule has 1 N–H and O–H groups in total. The van der Waals surface area contributed by atoms with Crippen LogP contribution in [0.2, 0.25) is 0 Å². The second-order valence-corrected chi connectivity index (χ2v) is 5.93. The van der Waals surface area contributed by atoms with Gasteiger partial charge in [0.2, 0.25) is 6.79 Å². The van der Waals surface area contributed by atoms with Crippen LogP contribution in [0.25, 0.3) is 6.08 Å². The first kappa shape index (κ1) is 13.4. The van der Waals surface area contributed by atoms with Gasteiger partial charge in [-0.15, -0.1) is 0 Å². The zero-order valence-corrected chi connectivity index (χ0v) is 12.3. The van der Waals surface area contributed by atoms with Crippen LogP contribution in [0.5, 0.6) is 11.5 Å². The van der Waals surface area contributed by atoms with E-state index in [9.17, 15) is 4.79 Å². The van der Waals surface area contributed by atoms with Crippen molar-refractivity contribution < 1.29 is 14.3 Å². The number of fused-ring (bicyclic) bond motifs is 1. The number of hydrogen-bond acceptors (Lipinski definition) is 4. The van der Waals surface area contributed by atoms with Gasteiger partial charge in [-0.25, -0.2) is 4.99 Å². The quantitative estimate of drug-likeness (QED) is 0.854. The van der Waals surface area contributed by atoms with Crippen LogP contribution in [0.4, 0.5) is 0 Å². The molecule has 0 unspecified atom stereocenters. The highest BCUT2D eigenvalue weighted by molar-refractivity contribution is 6.15. The molecule has 22 heavy (non-hydrogen) atoms. The van der Waals surface area contributed by atoms with Gasteiger partial charge in [0.1, 0.15) is 11.5 Å². The van der Waals surface area contributed by atoms with Crippen LogP contribution < -0.4 is 14.8 Å². The number of carbonyl (C=O) groups is 1. The molecule has 0 radical (unpaired) electrons. The average Bonchev–Trinajstić information content (AvgIpc) is 3.15. The summed E-state index contributed by atoms with van der Waals surface area (Å²) in [6, 6.07) is 5.63. The number of amides is 1. The maximum atomic E-state index is 12.1. The minimum Gasteiger partial charge on any atom is -0.454 e. The van der Waals surface area contributed by atoms with Gasteiger partial charge in [-0.1, -0.05) is 25.3 Å². The van der Waals surface area contributed by atoms with Crippen molar-refractivity contribution >= 4 is 17.8 Å². The maximum absolute atomic E-state index is 12.1. The summed E-state index contributed by atoms with van der Waals surface area (Å²) in [7, 11) is 0. The molecule has 1 fully saturated rings. The molecule has 5 heteroatoms. The molecule has 1 saturated carbocycles. The summed E-state index contributed by atoms with van der Waals surface area (Å²) in [5.74, 6) is 2.59. The van der Waals surface area contributed by atoms with Crippen molar-refractivity contribution in [3.05, 3.63) is 29.5 Å². The first-order chi connectivity index (χ1) is 10.8. The van der Waals surface area contributed by atoms with Gasteiger partial charge in [0.25, 0.3) is 5.91 Å². The Morgan fingerprint density at radius 1 is 1.14 bits per heavy atom. The van der Waals surface area contributed by atoms with Crippen LogP contribution in [-0.4, -0.2) is 18.5 Å². The lowest BCUT2D eigenvalue weighted by atomic mass is 9.88. The number of nitrogens with one attached hydrogen (secondary N) is 1. The molecule has 2 heterocycles. The number of carbonyl (C=O) groups excluding carboxylic acids is 1. The first-order valence-corrected chi connectivity index (χ1v) is 7.81. The van der Waals surface area contributed by atoms with E-state index in [0.717, 1.165) is 30.0 Å². The molecule has 5 nitrogen and oxygen atoms in total. The Bertz CT molecular complexity index is 672. The molecule has 0 spiro atoms. The van der Waals surface area contributed by atoms with E-state index in [-0.39, 0.29) is 12.7 Å². The lowest BCUT2D eigenvalue weighted by Gasteiger charge is -2.20. The van der Waals surface area contributed by atoms with Crippen molar-refractivity contribution in [3.63, 3.8) is 0 Å². The fourth-order valence-corrected chi connectivity index (χ4v) is 3.22. The molecule has 3 aliphatic rings. The normalized spacial score (nSPS) is 22.8. The number of nitrogens with zero attached hydrogens (tertiary/aromatic N) is 1. The molecule has 4 rings (SSSR count). The first-order valence-electron chi connectivity index (χ1n) is 7.81. The van der Waals surface area contributed by atoms with Gasteiger partial charge >= 0.3 is 0 Å². The monoisotopic (exact) mass is 298 g/mol. The van der Waals surface area contributed by atoms with Crippen LogP contribution >= 0.6 is 0 Å². The minimum atomic E-state index is -0.113. The molecule has 0 atom stereocenters. The summed E-state index contributed by atoms with van der Waals surface area (Å²) in [4.78, 5) is 16.6. The summed E-state index contributed by atoms with van der Waals surface area (Å²) in [6.45, 7) is 0.250. The molecular weight excluding hydrogens is 280 g/mol. The van der Waals surface area contributed by atoms with E-state index in [0.29, 0.717) is 17.4 Å². The number of benzene rings is 1. The van der Waals surface area contributed by atoms with E-state index in [1.54, 1.807) is 6.08 Å². The van der Waals surface area contributed by atoms with Gasteiger partial charge in [0.15, 0.2) is 11.5 Å². The Morgan fingerprint density at radius 2 is 1.95 bits per heavy atom. The largest absolute Gasteiger partial charge is 0.454 e. The summed E-state index contributed by atoms with van der Waals surface area (Å²) < 4.78 is 10.7. The second-order valence-electron chi connectivity index (χ2n) is 5.93. The van der Waals surface area contributed by atoms with Gasteiger partial charge < -0.3 is 14.8 Å². The topological polar surface area (TPSA) is 59.9 Å². The molecule has 2 aliphatic heterocycles. The Balaban J connectivity index is 1.58. The zero-order chi connectivity index (χ0) is 14.9. The average molecular weight is 298 g/mol. The molecule has 1 aromatic rings. The summed E-state index contributed by atoms with van der Waals surface area (Å²) in [5.41, 5.74) is 1.36. The third kappa shape index (κ3) is 2.47. The lowest BCUT2D eigenvalue weighted by Crippen LogP contribution is -2.31. The summed E-state index contributed by atoms with van der Waals surface area (Å²) >= 11 is 0. The number of hydrogen-bond donors (Lipinski definition) is 1. The van der Waals surface area contributed by atoms with Gasteiger partial charge in [-0.2, -0.15) is 0 Å². The van der Waals surface area contributed by atoms with Gasteiger partial charge in [-0.3, -0.25) is 4.79 Å². The third-order valence-corrected chi connectivity index (χ3v) is 4.41. The van der Waals surface area contributed by atoms with Crippen molar-refractivity contribution in [1.82, 2.24) is 5.32 Å². The van der Waals surface area contributed by atoms with Crippen LogP contribution in [0.15, 0.2) is 28.9 Å². The molecule has 0 aromatic heterocycles. The summed E-state index contributed by atoms with van der Waals surface area (Å²) in [6.07, 6.45) is 7.78. The number of amidine groups is 1. The van der Waals surface area contributed by atoms with E-state index >= 15 is 0 Å². The molecule has 1 amide bonds. The standard InChI is InChI=1S/C17H18N2O3/c20-17-13(18-16(19-17)12-4-2-1-3-5-12)8-11-6-7-14-15(9-11)22-10-21-14/h6-9,12H,1-5,10H2,(H,18,19,20)/b13-8+. The van der Waals surface area contributed by atoms with E-state index in [2.05, 4.69) is 10.3 Å². The van der Waals surface area contributed by atoms with Crippen molar-refractivity contribution in [2.75, 3.05) is 6.79 Å². The molecule has 1 aromatic carbocycles. The third-order valence-electron chi connectivity index (χ3n) is 4.41. The Morgan fingerprint density at radius 3 is 2.82 bits per heavy atom. The maximum Gasteiger partial charge on any atom is 0.275 e. The molecule has 1 aliphatic carbocycles. The van der Waals surface area contributed by atoms with Crippen LogP contribution in [-0.2, 0) is 4.79 Å². The SMILES string of the molecule is O=C1NC(C2CCCCC2)=N/C1=C/c1ccc2c(c1)OCO2. The highest BCUT2D eigenvalue weighted by Crippen LogP contribution is 2.33. The van der Waals surface area contributed by atoms with Crippen molar-refractivity contribution in [1.29, 1.82) is 0 Å². The van der Waals surface area contributed by atoms with Crippen LogP contribution in [0, 0.1) is 5.92 Å². The highest BCUT2D eigenvalue weighted by Gasteiger charge is 2.27.